The van der Waals surface area contributed by atoms with Crippen LogP contribution in [0.1, 0.15) is 106 Å². The highest BCUT2D eigenvalue weighted by atomic mass is 32.1. The maximum absolute atomic E-state index is 14.0. The third kappa shape index (κ3) is 34.5. The molecule has 89 heavy (non-hydrogen) atoms. The summed E-state index contributed by atoms with van der Waals surface area (Å²) in [5.41, 5.74) is 27.4. The molecule has 0 aliphatic carbocycles. The van der Waals surface area contributed by atoms with Crippen molar-refractivity contribution in [1.82, 2.24) is 58.5 Å². The first-order valence-corrected chi connectivity index (χ1v) is 30.1. The number of carboxylic acids is 3. The minimum absolute atomic E-state index is 0.0141. The number of aliphatic imine (C=N–C) groups is 2. The van der Waals surface area contributed by atoms with Crippen molar-refractivity contribution >= 4 is 133 Å². The molecule has 0 aliphatic rings. The number of hydrogen-bond acceptors (Lipinski definition) is 20. The third-order valence-electron chi connectivity index (χ3n) is 12.5. The number of nitrogens with zero attached hydrogens (tertiary/aromatic N) is 2. The van der Waals surface area contributed by atoms with Gasteiger partial charge in [-0.2, -0.15) is 37.9 Å². The fourth-order valence-electron chi connectivity index (χ4n) is 7.74. The minimum Gasteiger partial charge on any atom is -0.481 e. The van der Waals surface area contributed by atoms with Crippen LogP contribution in [0.25, 0.3) is 0 Å². The Morgan fingerprint density at radius 2 is 0.708 bits per heavy atom. The van der Waals surface area contributed by atoms with Crippen LogP contribution in [-0.4, -0.2) is 213 Å². The molecule has 0 unspecified atom stereocenters. The minimum atomic E-state index is -1.68. The van der Waals surface area contributed by atoms with Crippen LogP contribution in [0.4, 0.5) is 0 Å². The largest absolute Gasteiger partial charge is 0.481 e. The van der Waals surface area contributed by atoms with E-state index < -0.39 is 187 Å². The van der Waals surface area contributed by atoms with E-state index in [1.165, 1.54) is 13.8 Å². The number of thiol groups is 3. The number of amides is 11. The van der Waals surface area contributed by atoms with Gasteiger partial charge < -0.3 is 102 Å². The van der Waals surface area contributed by atoms with Gasteiger partial charge in [0.05, 0.1) is 12.6 Å². The predicted octanol–water partition coefficient (Wildman–Crippen LogP) is -6.88. The number of hydrogen-bond donors (Lipinski definition) is 22. The number of guanidine groups is 2. The quantitative estimate of drug-likeness (QED) is 0.0117. The lowest BCUT2D eigenvalue weighted by atomic mass is 10.0. The lowest BCUT2D eigenvalue weighted by Crippen LogP contribution is -2.60. The average molecular weight is 1320 g/mol. The second-order valence-corrected chi connectivity index (χ2v) is 22.3. The van der Waals surface area contributed by atoms with Gasteiger partial charge in [-0.3, -0.25) is 72.3 Å². The number of nitrogens with two attached hydrogens (primary N) is 5. The lowest BCUT2D eigenvalue weighted by molar-refractivity contribution is -0.142. The summed E-state index contributed by atoms with van der Waals surface area (Å²) >= 11 is 12.0. The molecule has 0 radical (unpaired) electrons. The second-order valence-electron chi connectivity index (χ2n) is 21.2. The fourth-order valence-corrected chi connectivity index (χ4v) is 8.41. The van der Waals surface area contributed by atoms with Gasteiger partial charge in [0.1, 0.15) is 60.4 Å². The average Bonchev–Trinajstić information content (AvgIpc) is 2.14. The first-order chi connectivity index (χ1) is 41.6. The molecule has 0 heterocycles. The van der Waals surface area contributed by atoms with E-state index in [1.54, 1.807) is 27.7 Å². The van der Waals surface area contributed by atoms with E-state index in [4.69, 9.17) is 28.7 Å². The molecule has 0 bridgehead atoms. The van der Waals surface area contributed by atoms with Crippen molar-refractivity contribution in [2.24, 2.45) is 50.5 Å². The van der Waals surface area contributed by atoms with E-state index in [2.05, 4.69) is 106 Å². The van der Waals surface area contributed by atoms with Gasteiger partial charge in [-0.05, 0) is 77.0 Å². The second kappa shape index (κ2) is 42.9. The van der Waals surface area contributed by atoms with Gasteiger partial charge in [0.25, 0.3) is 0 Å². The van der Waals surface area contributed by atoms with Gasteiger partial charge in [0.15, 0.2) is 11.9 Å². The molecule has 0 fully saturated rings. The lowest BCUT2D eigenvalue weighted by Gasteiger charge is -2.27. The third-order valence-corrected chi connectivity index (χ3v) is 13.6. The Bertz CT molecular complexity index is 2510. The molecule has 24 N–H and O–H groups in total. The first-order valence-electron chi connectivity index (χ1n) is 28.2. The fraction of sp³-hybridized carbons (Fsp3) is 0.686. The van der Waals surface area contributed by atoms with Gasteiger partial charge in [0.2, 0.25) is 65.0 Å². The van der Waals surface area contributed by atoms with Crippen LogP contribution in [0, 0.1) is 11.8 Å². The first kappa shape index (κ1) is 81.1. The molecule has 0 aromatic rings. The van der Waals surface area contributed by atoms with Crippen LogP contribution in [0.3, 0.4) is 0 Å². The zero-order valence-corrected chi connectivity index (χ0v) is 53.2. The van der Waals surface area contributed by atoms with Gasteiger partial charge >= 0.3 is 17.9 Å². The summed E-state index contributed by atoms with van der Waals surface area (Å²) < 4.78 is 0. The molecule has 11 amide bonds. The molecule has 11 atom stereocenters. The number of carboxylic acid groups (broad SMARTS) is 3. The number of nitrogens with one attached hydrogen (secondary N) is 11. The number of aliphatic carboxylic acids is 3. The molecule has 0 spiro atoms. The molecule has 0 saturated heterocycles. The molecule has 38 heteroatoms. The van der Waals surface area contributed by atoms with E-state index in [0.717, 1.165) is 0 Å². The topological polar surface area (TPSA) is 587 Å². The van der Waals surface area contributed by atoms with Crippen LogP contribution >= 0.6 is 37.9 Å². The van der Waals surface area contributed by atoms with E-state index in [9.17, 15) is 82.4 Å². The molecule has 35 nitrogen and oxygen atoms in total. The van der Waals surface area contributed by atoms with E-state index >= 15 is 0 Å². The van der Waals surface area contributed by atoms with Crippen molar-refractivity contribution in [2.45, 2.75) is 172 Å². The van der Waals surface area contributed by atoms with Gasteiger partial charge in [-0.1, -0.05) is 27.7 Å². The highest BCUT2D eigenvalue weighted by Crippen LogP contribution is 2.12. The summed E-state index contributed by atoms with van der Waals surface area (Å²) in [6, 6.07) is -15.8. The summed E-state index contributed by atoms with van der Waals surface area (Å²) in [6.07, 6.45) is -2.47. The van der Waals surface area contributed by atoms with Crippen molar-refractivity contribution in [3.8, 4) is 0 Å². The Kier molecular flexibility index (Phi) is 39.1. The maximum Gasteiger partial charge on any atom is 0.327 e. The summed E-state index contributed by atoms with van der Waals surface area (Å²) in [7, 11) is 0. The summed E-state index contributed by atoms with van der Waals surface area (Å²) in [5.74, 6) is -16.3. The van der Waals surface area contributed by atoms with Gasteiger partial charge in [0, 0.05) is 43.2 Å². The SMILES string of the molecule is CC(C)C[C@H](NC(=O)[C@H](CCCN=C(N)N)NC(=O)[C@H](CCC(=O)O)NC(=O)CNC(=O)[C@@H](N)CS)C(=O)N[C@@H](C)C(=O)N[C@@H](CCC(=O)O)C(=O)N[C@@H](CS)C(=O)N[C@@H](C)C(=O)N[C@@H](CCCN=C(N)N)C(=O)N[C@@H](CC(C)C)C(=O)N[C@@H](CS)C(=O)O. The van der Waals surface area contributed by atoms with Crippen molar-refractivity contribution in [3.63, 3.8) is 0 Å². The molecular formula is C51H90N18O17S3. The Hall–Kier alpha value is -7.87. The Labute approximate surface area is 531 Å². The van der Waals surface area contributed by atoms with Crippen LogP contribution < -0.4 is 87.2 Å². The van der Waals surface area contributed by atoms with Crippen molar-refractivity contribution < 1.29 is 82.4 Å². The van der Waals surface area contributed by atoms with Crippen molar-refractivity contribution in [2.75, 3.05) is 36.9 Å². The summed E-state index contributed by atoms with van der Waals surface area (Å²) in [5, 5.41) is 54.8. The number of rotatable bonds is 44. The van der Waals surface area contributed by atoms with Crippen LogP contribution in [0.5, 0.6) is 0 Å². The smallest absolute Gasteiger partial charge is 0.327 e. The predicted molar refractivity (Wildman–Crippen MR) is 333 cm³/mol. The Morgan fingerprint density at radius 3 is 1.06 bits per heavy atom. The Balaban J connectivity index is 6.52. The van der Waals surface area contributed by atoms with E-state index in [0.29, 0.717) is 0 Å². The highest BCUT2D eigenvalue weighted by Gasteiger charge is 2.35. The summed E-state index contributed by atoms with van der Waals surface area (Å²) in [6.45, 7) is 8.62. The molecule has 504 valence electrons. The molecule has 0 aliphatic heterocycles. The van der Waals surface area contributed by atoms with Crippen LogP contribution in [-0.2, 0) is 67.1 Å². The molecule has 0 aromatic carbocycles. The normalized spacial score (nSPS) is 14.7. The van der Waals surface area contributed by atoms with Gasteiger partial charge in [-0.15, -0.1) is 0 Å². The molecule has 0 aromatic heterocycles. The standard InChI is InChI=1S/C51H90N18O17S3/c1-23(2)17-32(66-43(79)29(10-8-16-58-51(55)56)65-44(80)30(11-13-37(71)72)62-36(70)19-59-41(77)27(52)20-87)46(82)60-25(5)40(76)64-31(12-14-38(73)74)45(81)68-34(21-88)48(84)61-26(6)39(75)63-28(9-7-15-57-50(53)54)42(78)67-33(18-24(3)4)47(83)69-35(22-89)49(85)86/h23-35,87-89H,7-22,52H2,1-6H3,(H,59,77)(H,60,82)(H,61,84)(H,62,70)(H,63,75)(H,64,76)(H,65,80)(H,66,79)(H,67,78)(H,68,81)(H,69,83)(H,71,72)(H,73,74)(H,85,86)(H4,53,54,57)(H4,55,56,58)/t25-,26-,27-,28-,29-,30-,31-,32-,33-,34-,35-/m0/s1. The molecule has 0 rings (SSSR count). The van der Waals surface area contributed by atoms with Gasteiger partial charge in [-0.25, -0.2) is 4.79 Å². The summed E-state index contributed by atoms with van der Waals surface area (Å²) in [4.78, 5) is 191. The van der Waals surface area contributed by atoms with Crippen LogP contribution in [0.15, 0.2) is 9.98 Å². The monoisotopic (exact) mass is 1320 g/mol. The number of carbonyl (C=O) groups is 14. The van der Waals surface area contributed by atoms with Crippen LogP contribution in [0.2, 0.25) is 0 Å². The zero-order valence-electron chi connectivity index (χ0n) is 50.5. The zero-order chi connectivity index (χ0) is 68.2. The molecule has 0 saturated carbocycles. The highest BCUT2D eigenvalue weighted by molar-refractivity contribution is 7.80. The molecular weight excluding hydrogens is 1230 g/mol. The van der Waals surface area contributed by atoms with Crippen molar-refractivity contribution in [3.05, 3.63) is 0 Å². The van der Waals surface area contributed by atoms with E-state index in [1.807, 2.05) is 0 Å². The van der Waals surface area contributed by atoms with E-state index in [-0.39, 0.29) is 86.9 Å². The maximum atomic E-state index is 14.0. The Morgan fingerprint density at radius 1 is 0.393 bits per heavy atom. The number of carbonyl (C=O) groups excluding carboxylic acids is 11. The van der Waals surface area contributed by atoms with Crippen molar-refractivity contribution in [1.29, 1.82) is 0 Å².